The van der Waals surface area contributed by atoms with Crippen molar-refractivity contribution in [1.29, 1.82) is 0 Å². The minimum absolute atomic E-state index is 0.101. The fraction of sp³-hybridized carbons (Fsp3) is 0.333. The van der Waals surface area contributed by atoms with Gasteiger partial charge in [-0.2, -0.15) is 0 Å². The minimum Gasteiger partial charge on any atom is -0.481 e. The monoisotopic (exact) mass is 268 g/mol. The molecule has 5 nitrogen and oxygen atoms in total. The Bertz CT molecular complexity index is 437. The van der Waals surface area contributed by atoms with Crippen LogP contribution in [-0.2, 0) is 4.79 Å². The Morgan fingerprint density at radius 3 is 2.78 bits per heavy atom. The first-order valence-corrected chi connectivity index (χ1v) is 6.67. The number of urea groups is 1. The zero-order valence-corrected chi connectivity index (χ0v) is 11.1. The zero-order chi connectivity index (χ0) is 13.5. The minimum atomic E-state index is -0.931. The second kappa shape index (κ2) is 6.90. The van der Waals surface area contributed by atoms with E-state index in [4.69, 9.17) is 5.11 Å². The fourth-order valence-electron chi connectivity index (χ4n) is 1.21. The van der Waals surface area contributed by atoms with Gasteiger partial charge < -0.3 is 15.7 Å². The maximum absolute atomic E-state index is 11.5. The molecule has 1 rings (SSSR count). The second-order valence-corrected chi connectivity index (χ2v) is 4.69. The first kappa shape index (κ1) is 14.4. The maximum Gasteiger partial charge on any atom is 0.319 e. The number of carbonyl (C=O) groups is 2. The van der Waals surface area contributed by atoms with Gasteiger partial charge in [0, 0.05) is 17.1 Å². The number of carboxylic acid groups (broad SMARTS) is 1. The van der Waals surface area contributed by atoms with Gasteiger partial charge in [0.15, 0.2) is 0 Å². The van der Waals surface area contributed by atoms with E-state index >= 15 is 0 Å². The summed E-state index contributed by atoms with van der Waals surface area (Å²) < 4.78 is 0. The van der Waals surface area contributed by atoms with Gasteiger partial charge in [-0.3, -0.25) is 4.79 Å². The molecule has 18 heavy (non-hydrogen) atoms. The molecule has 0 saturated carbocycles. The Balaban J connectivity index is 2.46. The molecule has 0 spiro atoms. The van der Waals surface area contributed by atoms with E-state index in [0.717, 1.165) is 4.90 Å². The van der Waals surface area contributed by atoms with Crippen LogP contribution in [0.3, 0.4) is 0 Å². The summed E-state index contributed by atoms with van der Waals surface area (Å²) in [4.78, 5) is 23.1. The summed E-state index contributed by atoms with van der Waals surface area (Å²) in [5.74, 6) is -1.53. The predicted octanol–water partition coefficient (Wildman–Crippen LogP) is 2.25. The fourth-order valence-corrected chi connectivity index (χ4v) is 1.67. The number of amides is 2. The molecule has 3 N–H and O–H groups in total. The van der Waals surface area contributed by atoms with Crippen molar-refractivity contribution in [1.82, 2.24) is 5.32 Å². The molecule has 1 aromatic carbocycles. The largest absolute Gasteiger partial charge is 0.481 e. The summed E-state index contributed by atoms with van der Waals surface area (Å²) >= 11 is 1.58. The highest BCUT2D eigenvalue weighted by molar-refractivity contribution is 7.98. The molecule has 1 aromatic rings. The van der Waals surface area contributed by atoms with Crippen molar-refractivity contribution in [2.75, 3.05) is 18.1 Å². The molecule has 0 radical (unpaired) electrons. The molecule has 0 aromatic heterocycles. The topological polar surface area (TPSA) is 78.4 Å². The first-order chi connectivity index (χ1) is 8.52. The van der Waals surface area contributed by atoms with Crippen molar-refractivity contribution in [3.63, 3.8) is 0 Å². The molecule has 0 aliphatic heterocycles. The van der Waals surface area contributed by atoms with Gasteiger partial charge in [-0.05, 0) is 24.5 Å². The van der Waals surface area contributed by atoms with E-state index in [2.05, 4.69) is 10.6 Å². The van der Waals surface area contributed by atoms with E-state index in [1.807, 2.05) is 24.5 Å². The molecule has 0 aliphatic rings. The molecule has 1 atom stereocenters. The van der Waals surface area contributed by atoms with Gasteiger partial charge in [0.1, 0.15) is 0 Å². The maximum atomic E-state index is 11.5. The highest BCUT2D eigenvalue weighted by Gasteiger charge is 2.11. The number of benzene rings is 1. The van der Waals surface area contributed by atoms with Crippen molar-refractivity contribution in [2.24, 2.45) is 5.92 Å². The molecule has 2 amide bonds. The Kier molecular flexibility index (Phi) is 5.51. The van der Waals surface area contributed by atoms with E-state index < -0.39 is 17.9 Å². The molecule has 1 unspecified atom stereocenters. The van der Waals surface area contributed by atoms with E-state index in [0.29, 0.717) is 5.69 Å². The van der Waals surface area contributed by atoms with E-state index in [-0.39, 0.29) is 6.54 Å². The Morgan fingerprint density at radius 1 is 1.44 bits per heavy atom. The standard InChI is InChI=1S/C12H16N2O3S/c1-8(11(15)16)7-13-12(17)14-9-4-3-5-10(6-9)18-2/h3-6,8H,7H2,1-2H3,(H,15,16)(H2,13,14,17). The lowest BCUT2D eigenvalue weighted by molar-refractivity contribution is -0.140. The van der Waals surface area contributed by atoms with Gasteiger partial charge in [-0.25, -0.2) is 4.79 Å². The van der Waals surface area contributed by atoms with Gasteiger partial charge in [-0.1, -0.05) is 13.0 Å². The number of nitrogens with one attached hydrogen (secondary N) is 2. The average Bonchev–Trinajstić information content (AvgIpc) is 2.36. The highest BCUT2D eigenvalue weighted by Crippen LogP contribution is 2.18. The summed E-state index contributed by atoms with van der Waals surface area (Å²) in [5.41, 5.74) is 0.683. The normalized spacial score (nSPS) is 11.7. The third kappa shape index (κ3) is 4.67. The Morgan fingerprint density at radius 2 is 2.17 bits per heavy atom. The quantitative estimate of drug-likeness (QED) is 0.716. The van der Waals surface area contributed by atoms with Crippen LogP contribution in [0, 0.1) is 5.92 Å². The van der Waals surface area contributed by atoms with Gasteiger partial charge in [-0.15, -0.1) is 11.8 Å². The van der Waals surface area contributed by atoms with Crippen LogP contribution < -0.4 is 10.6 Å². The van der Waals surface area contributed by atoms with Gasteiger partial charge in [0.05, 0.1) is 5.92 Å². The van der Waals surface area contributed by atoms with Crippen LogP contribution in [0.4, 0.5) is 10.5 Å². The summed E-state index contributed by atoms with van der Waals surface area (Å²) in [6, 6.07) is 7.02. The lowest BCUT2D eigenvalue weighted by atomic mass is 10.2. The number of rotatable bonds is 5. The summed E-state index contributed by atoms with van der Waals surface area (Å²) in [7, 11) is 0. The number of thioether (sulfide) groups is 1. The molecule has 6 heteroatoms. The molecule has 0 aliphatic carbocycles. The summed E-state index contributed by atoms with van der Waals surface area (Å²) in [6.07, 6.45) is 1.95. The zero-order valence-electron chi connectivity index (χ0n) is 10.3. The highest BCUT2D eigenvalue weighted by atomic mass is 32.2. The average molecular weight is 268 g/mol. The SMILES string of the molecule is CSc1cccc(NC(=O)NCC(C)C(=O)O)c1. The number of anilines is 1. The van der Waals surface area contributed by atoms with Gasteiger partial charge >= 0.3 is 12.0 Å². The van der Waals surface area contributed by atoms with Gasteiger partial charge in [0.25, 0.3) is 0 Å². The molecule has 0 heterocycles. The number of carbonyl (C=O) groups excluding carboxylic acids is 1. The summed E-state index contributed by atoms with van der Waals surface area (Å²) in [6.45, 7) is 1.64. The van der Waals surface area contributed by atoms with Crippen molar-refractivity contribution in [3.8, 4) is 0 Å². The van der Waals surface area contributed by atoms with Crippen LogP contribution in [0.15, 0.2) is 29.2 Å². The number of hydrogen-bond acceptors (Lipinski definition) is 3. The van der Waals surface area contributed by atoms with Crippen molar-refractivity contribution in [2.45, 2.75) is 11.8 Å². The van der Waals surface area contributed by atoms with Crippen LogP contribution in [0.2, 0.25) is 0 Å². The van der Waals surface area contributed by atoms with E-state index in [1.54, 1.807) is 17.8 Å². The molecule has 0 saturated heterocycles. The van der Waals surface area contributed by atoms with Crippen LogP contribution in [0.25, 0.3) is 0 Å². The molecular weight excluding hydrogens is 252 g/mol. The predicted molar refractivity (Wildman–Crippen MR) is 72.0 cm³/mol. The number of aliphatic carboxylic acids is 1. The number of carboxylic acids is 1. The third-order valence-electron chi connectivity index (χ3n) is 2.32. The van der Waals surface area contributed by atoms with Crippen LogP contribution in [0.5, 0.6) is 0 Å². The lowest BCUT2D eigenvalue weighted by Gasteiger charge is -2.10. The summed E-state index contributed by atoms with van der Waals surface area (Å²) in [5, 5.41) is 13.8. The smallest absolute Gasteiger partial charge is 0.319 e. The lowest BCUT2D eigenvalue weighted by Crippen LogP contribution is -2.34. The Hall–Kier alpha value is -1.69. The third-order valence-corrected chi connectivity index (χ3v) is 3.04. The first-order valence-electron chi connectivity index (χ1n) is 5.44. The second-order valence-electron chi connectivity index (χ2n) is 3.81. The van der Waals surface area contributed by atoms with Crippen LogP contribution >= 0.6 is 11.8 Å². The van der Waals surface area contributed by atoms with E-state index in [9.17, 15) is 9.59 Å². The van der Waals surface area contributed by atoms with E-state index in [1.165, 1.54) is 6.92 Å². The molecular formula is C12H16N2O3S. The number of hydrogen-bond donors (Lipinski definition) is 3. The molecule has 98 valence electrons. The van der Waals surface area contributed by atoms with Crippen LogP contribution in [-0.4, -0.2) is 29.9 Å². The van der Waals surface area contributed by atoms with Crippen molar-refractivity contribution >= 4 is 29.4 Å². The molecule has 0 fully saturated rings. The Labute approximate surface area is 110 Å². The molecule has 0 bridgehead atoms. The van der Waals surface area contributed by atoms with Crippen molar-refractivity contribution < 1.29 is 14.7 Å². The van der Waals surface area contributed by atoms with Gasteiger partial charge in [0.2, 0.25) is 0 Å². The van der Waals surface area contributed by atoms with Crippen molar-refractivity contribution in [3.05, 3.63) is 24.3 Å². The van der Waals surface area contributed by atoms with Crippen LogP contribution in [0.1, 0.15) is 6.92 Å².